The van der Waals surface area contributed by atoms with Crippen molar-refractivity contribution in [2.75, 3.05) is 13.2 Å². The van der Waals surface area contributed by atoms with Crippen LogP contribution < -0.4 is 10.2 Å². The molecule has 234 valence electrons. The van der Waals surface area contributed by atoms with Gasteiger partial charge in [-0.25, -0.2) is 0 Å². The Labute approximate surface area is 241 Å². The van der Waals surface area contributed by atoms with Crippen LogP contribution in [0.1, 0.15) is 0 Å². The molecule has 2 aliphatic rings. The highest BCUT2D eigenvalue weighted by Gasteiger charge is 2.51. The number of hydrogen-bond donors (Lipinski definition) is 10. The van der Waals surface area contributed by atoms with E-state index in [2.05, 4.69) is 0 Å². The van der Waals surface area contributed by atoms with E-state index in [1.807, 2.05) is 0 Å². The highest BCUT2D eigenvalue weighted by molar-refractivity contribution is 5.89. The van der Waals surface area contributed by atoms with Gasteiger partial charge in [-0.15, -0.1) is 0 Å². The van der Waals surface area contributed by atoms with E-state index in [1.165, 1.54) is 24.3 Å². The van der Waals surface area contributed by atoms with Crippen molar-refractivity contribution in [3.8, 4) is 34.3 Å². The van der Waals surface area contributed by atoms with Crippen LogP contribution >= 0.6 is 0 Å². The number of hydrogen-bond acceptors (Lipinski definition) is 16. The average Bonchev–Trinajstić information content (AvgIpc) is 2.98. The summed E-state index contributed by atoms with van der Waals surface area (Å²) >= 11 is 0. The molecule has 3 heterocycles. The number of phenolic OH excluding ortho intramolecular Hbond substituents is 3. The van der Waals surface area contributed by atoms with Gasteiger partial charge in [-0.2, -0.15) is 0 Å². The molecule has 43 heavy (non-hydrogen) atoms. The van der Waals surface area contributed by atoms with Gasteiger partial charge in [0.05, 0.1) is 13.2 Å². The van der Waals surface area contributed by atoms with Crippen molar-refractivity contribution in [3.63, 3.8) is 0 Å². The molecule has 0 aliphatic carbocycles. The normalized spacial score (nSPS) is 33.0. The summed E-state index contributed by atoms with van der Waals surface area (Å²) in [5.74, 6) is -2.39. The van der Waals surface area contributed by atoms with Crippen molar-refractivity contribution >= 4 is 11.0 Å². The fraction of sp³-hybridized carbons (Fsp3) is 0.444. The van der Waals surface area contributed by atoms with E-state index in [9.17, 15) is 55.9 Å². The summed E-state index contributed by atoms with van der Waals surface area (Å²) in [4.78, 5) is 13.0. The third kappa shape index (κ3) is 5.73. The van der Waals surface area contributed by atoms with E-state index >= 15 is 0 Å². The topological polar surface area (TPSA) is 269 Å². The van der Waals surface area contributed by atoms with Gasteiger partial charge in [-0.05, 0) is 24.3 Å². The second-order valence-electron chi connectivity index (χ2n) is 10.1. The number of ether oxygens (including phenoxy) is 4. The molecule has 5 rings (SSSR count). The van der Waals surface area contributed by atoms with Crippen LogP contribution in [0.4, 0.5) is 0 Å². The molecule has 0 spiro atoms. The molecule has 2 saturated heterocycles. The van der Waals surface area contributed by atoms with Crippen molar-refractivity contribution in [1.82, 2.24) is 0 Å². The highest BCUT2D eigenvalue weighted by Crippen LogP contribution is 2.43. The van der Waals surface area contributed by atoms with Crippen LogP contribution in [-0.4, -0.2) is 126 Å². The summed E-state index contributed by atoms with van der Waals surface area (Å²) in [6.07, 6.45) is -17.6. The van der Waals surface area contributed by atoms with Crippen LogP contribution in [0, 0.1) is 0 Å². The lowest BCUT2D eigenvalue weighted by atomic mass is 9.97. The Hall–Kier alpha value is -3.55. The van der Waals surface area contributed by atoms with E-state index < -0.39 is 103 Å². The first-order chi connectivity index (χ1) is 20.4. The minimum Gasteiger partial charge on any atom is -0.508 e. The van der Waals surface area contributed by atoms with Crippen LogP contribution in [0.2, 0.25) is 0 Å². The lowest BCUT2D eigenvalue weighted by Gasteiger charge is -2.45. The van der Waals surface area contributed by atoms with Gasteiger partial charge in [0, 0.05) is 17.7 Å². The fourth-order valence-corrected chi connectivity index (χ4v) is 4.90. The van der Waals surface area contributed by atoms with Crippen molar-refractivity contribution in [2.45, 2.75) is 61.4 Å². The number of rotatable bonds is 7. The number of phenols is 3. The first kappa shape index (κ1) is 30.9. The van der Waals surface area contributed by atoms with E-state index in [4.69, 9.17) is 23.4 Å². The maximum Gasteiger partial charge on any atom is 0.230 e. The maximum atomic E-state index is 13.0. The first-order valence-corrected chi connectivity index (χ1v) is 13.0. The number of fused-ring (bicyclic) bond motifs is 1. The van der Waals surface area contributed by atoms with Gasteiger partial charge >= 0.3 is 0 Å². The molecule has 1 aromatic heterocycles. The summed E-state index contributed by atoms with van der Waals surface area (Å²) < 4.78 is 27.7. The average molecular weight is 611 g/mol. The molecule has 16 nitrogen and oxygen atoms in total. The van der Waals surface area contributed by atoms with Crippen LogP contribution in [0.15, 0.2) is 45.6 Å². The summed E-state index contributed by atoms with van der Waals surface area (Å²) in [6, 6.07) is 7.69. The zero-order valence-corrected chi connectivity index (χ0v) is 22.1. The molecule has 0 unspecified atom stereocenters. The number of aliphatic hydroxyl groups is 7. The zero-order valence-electron chi connectivity index (χ0n) is 22.1. The lowest BCUT2D eigenvalue weighted by molar-refractivity contribution is -0.358. The van der Waals surface area contributed by atoms with Crippen molar-refractivity contribution in [2.24, 2.45) is 0 Å². The fourth-order valence-electron chi connectivity index (χ4n) is 4.90. The molecular weight excluding hydrogens is 580 g/mol. The predicted molar refractivity (Wildman–Crippen MR) is 140 cm³/mol. The number of aliphatic hydroxyl groups excluding tert-OH is 7. The third-order valence-electron chi connectivity index (χ3n) is 7.28. The minimum atomic E-state index is -1.93. The van der Waals surface area contributed by atoms with E-state index in [0.29, 0.717) is 5.56 Å². The molecule has 2 fully saturated rings. The minimum absolute atomic E-state index is 0.0243. The van der Waals surface area contributed by atoms with Gasteiger partial charge in [0.15, 0.2) is 29.3 Å². The Morgan fingerprint density at radius 1 is 0.744 bits per heavy atom. The van der Waals surface area contributed by atoms with Gasteiger partial charge in [0.2, 0.25) is 12.0 Å². The van der Waals surface area contributed by atoms with Crippen LogP contribution in [-0.2, 0) is 14.2 Å². The molecule has 3 aromatic rings. The lowest BCUT2D eigenvalue weighted by Crippen LogP contribution is -2.65. The summed E-state index contributed by atoms with van der Waals surface area (Å²) in [6.45, 7) is -1.62. The molecule has 10 N–H and O–H groups in total. The zero-order chi connectivity index (χ0) is 31.2. The molecule has 0 saturated carbocycles. The summed E-state index contributed by atoms with van der Waals surface area (Å²) in [5, 5.41) is 102. The Balaban J connectivity index is 1.49. The number of benzene rings is 2. The highest BCUT2D eigenvalue weighted by atomic mass is 16.8. The third-order valence-corrected chi connectivity index (χ3v) is 7.28. The second-order valence-corrected chi connectivity index (χ2v) is 10.1. The molecular formula is C27H30O16. The Kier molecular flexibility index (Phi) is 8.77. The predicted octanol–water partition coefficient (Wildman–Crippen LogP) is -2.42. The monoisotopic (exact) mass is 610 g/mol. The van der Waals surface area contributed by atoms with Gasteiger partial charge in [-0.1, -0.05) is 0 Å². The van der Waals surface area contributed by atoms with Gasteiger partial charge < -0.3 is 74.4 Å². The molecule has 2 aliphatic heterocycles. The quantitative estimate of drug-likeness (QED) is 0.133. The molecule has 0 bridgehead atoms. The smallest absolute Gasteiger partial charge is 0.230 e. The van der Waals surface area contributed by atoms with Crippen molar-refractivity contribution < 1.29 is 74.4 Å². The van der Waals surface area contributed by atoms with E-state index in [0.717, 1.165) is 12.1 Å². The standard InChI is InChI=1S/C27H30O16/c28-7-15-18(33)21(36)23(38)26(40-15)43-25-22(37)19(34)16(8-29)41-27(25)42-24-12(32)6-14-17(20(24)35)11(31)5-13(39-14)9-1-3-10(30)4-2-9/h1-6,15-16,18-19,21-23,25-30,32-38H,7-8H2/t15-,16-,18-,19-,21+,22+,23-,25-,26+,27+/m1/s1. The molecule has 10 atom stereocenters. The van der Waals surface area contributed by atoms with Gasteiger partial charge in [-0.3, -0.25) is 4.79 Å². The largest absolute Gasteiger partial charge is 0.508 e. The summed E-state index contributed by atoms with van der Waals surface area (Å²) in [7, 11) is 0. The molecule has 0 radical (unpaired) electrons. The van der Waals surface area contributed by atoms with Crippen molar-refractivity contribution in [1.29, 1.82) is 0 Å². The second kappa shape index (κ2) is 12.2. The summed E-state index contributed by atoms with van der Waals surface area (Å²) in [5.41, 5.74) is -0.600. The Morgan fingerprint density at radius 3 is 1.98 bits per heavy atom. The van der Waals surface area contributed by atoms with Crippen LogP contribution in [0.3, 0.4) is 0 Å². The SMILES string of the molecule is O=c1cc(-c2ccc(O)cc2)oc2cc(O)c(O[C@@H]3O[C@H](CO)[C@@H](O)[C@H](O)[C@H]3O[C@@H]3O[C@H](CO)[C@@H](O)[C@H](O)[C@H]3O)c(O)c12. The van der Waals surface area contributed by atoms with Crippen molar-refractivity contribution in [3.05, 3.63) is 46.6 Å². The van der Waals surface area contributed by atoms with E-state index in [1.54, 1.807) is 0 Å². The Morgan fingerprint density at radius 2 is 1.35 bits per heavy atom. The molecule has 0 amide bonds. The van der Waals surface area contributed by atoms with E-state index in [-0.39, 0.29) is 17.1 Å². The molecule has 16 heteroatoms. The van der Waals surface area contributed by atoms with Gasteiger partial charge in [0.25, 0.3) is 0 Å². The first-order valence-electron chi connectivity index (χ1n) is 13.0. The van der Waals surface area contributed by atoms with Crippen LogP contribution in [0.5, 0.6) is 23.0 Å². The molecule has 2 aromatic carbocycles. The van der Waals surface area contributed by atoms with Crippen LogP contribution in [0.25, 0.3) is 22.3 Å². The van der Waals surface area contributed by atoms with Gasteiger partial charge in [0.1, 0.15) is 65.2 Å². The number of aromatic hydroxyl groups is 3. The Bertz CT molecular complexity index is 1490. The maximum absolute atomic E-state index is 13.0.